The van der Waals surface area contributed by atoms with E-state index in [1.807, 2.05) is 59.3 Å². The molecule has 4 aromatic rings. The summed E-state index contributed by atoms with van der Waals surface area (Å²) in [5, 5.41) is 5.43. The minimum Gasteiger partial charge on any atom is -0.465 e. The first-order valence-corrected chi connectivity index (χ1v) is 9.69. The summed E-state index contributed by atoms with van der Waals surface area (Å²) in [6, 6.07) is 15.9. The molecule has 7 nitrogen and oxygen atoms in total. The second-order valence-corrected chi connectivity index (χ2v) is 6.57. The lowest BCUT2D eigenvalue weighted by molar-refractivity contribution is -0.143. The van der Waals surface area contributed by atoms with Crippen molar-refractivity contribution in [3.05, 3.63) is 60.3 Å². The normalized spacial score (nSPS) is 11.5. The maximum Gasteiger partial charge on any atom is 0.325 e. The molecule has 2 aromatic heterocycles. The first-order chi connectivity index (χ1) is 14.2. The summed E-state index contributed by atoms with van der Waals surface area (Å²) >= 11 is 0. The SMILES string of the molecule is CCOC(=O)Cn1cc(/C=N\Nc2nc3ccccc3n2CC)c2ccccc21. The number of fused-ring (bicyclic) bond motifs is 2. The van der Waals surface area contributed by atoms with E-state index in [9.17, 15) is 4.79 Å². The third-order valence-corrected chi connectivity index (χ3v) is 4.76. The Morgan fingerprint density at radius 2 is 1.90 bits per heavy atom. The standard InChI is InChI=1S/C22H23N5O2/c1-3-27-20-12-8-6-10-18(20)24-22(27)25-23-13-16-14-26(15-21(28)29-4-2)19-11-7-5-9-17(16)19/h5-14H,3-4,15H2,1-2H3,(H,24,25)/b23-13-. The van der Waals surface area contributed by atoms with Crippen LogP contribution < -0.4 is 5.43 Å². The number of hydrogen-bond acceptors (Lipinski definition) is 5. The van der Waals surface area contributed by atoms with Gasteiger partial charge >= 0.3 is 5.97 Å². The van der Waals surface area contributed by atoms with Crippen LogP contribution in [0.2, 0.25) is 0 Å². The lowest BCUT2D eigenvalue weighted by Crippen LogP contribution is -2.12. The van der Waals surface area contributed by atoms with Crippen LogP contribution in [0, 0.1) is 0 Å². The molecule has 0 spiro atoms. The number of hydrazone groups is 1. The highest BCUT2D eigenvalue weighted by atomic mass is 16.5. The quantitative estimate of drug-likeness (QED) is 0.294. The Balaban J connectivity index is 1.61. The number of carbonyl (C=O) groups excluding carboxylic acids is 1. The number of carbonyl (C=O) groups is 1. The molecule has 0 saturated heterocycles. The Morgan fingerprint density at radius 3 is 2.69 bits per heavy atom. The van der Waals surface area contributed by atoms with Crippen LogP contribution in [0.3, 0.4) is 0 Å². The molecule has 4 rings (SSSR count). The fraction of sp³-hybridized carbons (Fsp3) is 0.227. The van der Waals surface area contributed by atoms with Crippen molar-refractivity contribution in [3.8, 4) is 0 Å². The molecule has 0 unspecified atom stereocenters. The molecule has 0 aliphatic carbocycles. The predicted octanol–water partition coefficient (Wildman–Crippen LogP) is 4.02. The van der Waals surface area contributed by atoms with Gasteiger partial charge in [0.1, 0.15) is 6.54 Å². The number of esters is 1. The van der Waals surface area contributed by atoms with Crippen molar-refractivity contribution in [2.45, 2.75) is 26.9 Å². The number of aromatic nitrogens is 3. The molecule has 0 amide bonds. The highest BCUT2D eigenvalue weighted by Crippen LogP contribution is 2.21. The van der Waals surface area contributed by atoms with Crippen molar-refractivity contribution in [3.63, 3.8) is 0 Å². The number of imidazole rings is 1. The number of benzene rings is 2. The number of aryl methyl sites for hydroxylation is 1. The zero-order valence-electron chi connectivity index (χ0n) is 16.5. The molecular weight excluding hydrogens is 366 g/mol. The van der Waals surface area contributed by atoms with E-state index in [1.54, 1.807) is 13.1 Å². The van der Waals surface area contributed by atoms with E-state index in [1.165, 1.54) is 0 Å². The smallest absolute Gasteiger partial charge is 0.325 e. The van der Waals surface area contributed by atoms with Crippen molar-refractivity contribution in [2.75, 3.05) is 12.0 Å². The minimum atomic E-state index is -0.258. The van der Waals surface area contributed by atoms with Crippen molar-refractivity contribution in [1.29, 1.82) is 0 Å². The van der Waals surface area contributed by atoms with Crippen LogP contribution in [-0.2, 0) is 22.6 Å². The molecule has 2 heterocycles. The summed E-state index contributed by atoms with van der Waals surface area (Å²) in [6.07, 6.45) is 3.67. The Bertz CT molecular complexity index is 1190. The summed E-state index contributed by atoms with van der Waals surface area (Å²) < 4.78 is 9.05. The van der Waals surface area contributed by atoms with Crippen LogP contribution in [0.15, 0.2) is 59.8 Å². The Hall–Kier alpha value is -3.61. The second-order valence-electron chi connectivity index (χ2n) is 6.57. The lowest BCUT2D eigenvalue weighted by atomic mass is 10.2. The number of nitrogens with zero attached hydrogens (tertiary/aromatic N) is 4. The molecule has 0 fully saturated rings. The molecule has 0 saturated carbocycles. The van der Waals surface area contributed by atoms with E-state index in [0.717, 1.165) is 34.0 Å². The fourth-order valence-electron chi connectivity index (χ4n) is 3.50. The summed E-state index contributed by atoms with van der Waals surface area (Å²) in [5.74, 6) is 0.437. The number of nitrogens with one attached hydrogen (secondary N) is 1. The number of rotatable bonds is 7. The van der Waals surface area contributed by atoms with Gasteiger partial charge < -0.3 is 13.9 Å². The fourth-order valence-corrected chi connectivity index (χ4v) is 3.50. The van der Waals surface area contributed by atoms with Crippen molar-refractivity contribution < 1.29 is 9.53 Å². The average molecular weight is 389 g/mol. The van der Waals surface area contributed by atoms with E-state index in [0.29, 0.717) is 12.6 Å². The summed E-state index contributed by atoms with van der Waals surface area (Å²) in [5.41, 5.74) is 6.93. The molecule has 0 radical (unpaired) electrons. The monoisotopic (exact) mass is 389 g/mol. The van der Waals surface area contributed by atoms with Gasteiger partial charge in [0.15, 0.2) is 0 Å². The van der Waals surface area contributed by atoms with Crippen LogP contribution in [0.4, 0.5) is 5.95 Å². The number of para-hydroxylation sites is 3. The van der Waals surface area contributed by atoms with E-state index >= 15 is 0 Å². The topological polar surface area (TPSA) is 73.4 Å². The predicted molar refractivity (Wildman–Crippen MR) is 115 cm³/mol. The highest BCUT2D eigenvalue weighted by molar-refractivity contribution is 6.00. The van der Waals surface area contributed by atoms with Crippen molar-refractivity contribution >= 4 is 40.1 Å². The summed E-state index contributed by atoms with van der Waals surface area (Å²) in [4.78, 5) is 16.5. The lowest BCUT2D eigenvalue weighted by Gasteiger charge is -2.04. The van der Waals surface area contributed by atoms with Gasteiger partial charge in [-0.25, -0.2) is 10.4 Å². The van der Waals surface area contributed by atoms with Gasteiger partial charge in [0.05, 0.1) is 23.9 Å². The molecule has 0 atom stereocenters. The van der Waals surface area contributed by atoms with Gasteiger partial charge in [-0.15, -0.1) is 0 Å². The molecule has 148 valence electrons. The van der Waals surface area contributed by atoms with Crippen LogP contribution in [0.25, 0.3) is 21.9 Å². The Labute approximate surface area is 168 Å². The van der Waals surface area contributed by atoms with E-state index in [2.05, 4.69) is 27.0 Å². The maximum atomic E-state index is 11.9. The van der Waals surface area contributed by atoms with E-state index in [4.69, 9.17) is 4.74 Å². The molecule has 2 aromatic carbocycles. The molecule has 1 N–H and O–H groups in total. The molecule has 0 aliphatic heterocycles. The van der Waals surface area contributed by atoms with Gasteiger partial charge in [0.25, 0.3) is 0 Å². The first kappa shape index (κ1) is 18.7. The van der Waals surface area contributed by atoms with Crippen LogP contribution in [-0.4, -0.2) is 32.9 Å². The summed E-state index contributed by atoms with van der Waals surface area (Å²) in [6.45, 7) is 5.21. The zero-order valence-corrected chi connectivity index (χ0v) is 16.5. The second kappa shape index (κ2) is 8.18. The molecular formula is C22H23N5O2. The van der Waals surface area contributed by atoms with Gasteiger partial charge in [-0.1, -0.05) is 30.3 Å². The zero-order chi connectivity index (χ0) is 20.2. The van der Waals surface area contributed by atoms with Gasteiger partial charge in [0.2, 0.25) is 5.95 Å². The molecule has 0 bridgehead atoms. The van der Waals surface area contributed by atoms with Crippen LogP contribution >= 0.6 is 0 Å². The van der Waals surface area contributed by atoms with Gasteiger partial charge in [-0.2, -0.15) is 5.10 Å². The third-order valence-electron chi connectivity index (χ3n) is 4.76. The largest absolute Gasteiger partial charge is 0.465 e. The van der Waals surface area contributed by atoms with Gasteiger partial charge in [-0.3, -0.25) is 4.79 Å². The summed E-state index contributed by atoms with van der Waals surface area (Å²) in [7, 11) is 0. The first-order valence-electron chi connectivity index (χ1n) is 9.69. The minimum absolute atomic E-state index is 0.168. The number of ether oxygens (including phenoxy) is 1. The van der Waals surface area contributed by atoms with E-state index < -0.39 is 0 Å². The molecule has 7 heteroatoms. The van der Waals surface area contributed by atoms with Crippen molar-refractivity contribution in [2.24, 2.45) is 5.10 Å². The maximum absolute atomic E-state index is 11.9. The molecule has 29 heavy (non-hydrogen) atoms. The Kier molecular flexibility index (Phi) is 5.29. The van der Waals surface area contributed by atoms with E-state index in [-0.39, 0.29) is 12.5 Å². The highest BCUT2D eigenvalue weighted by Gasteiger charge is 2.11. The van der Waals surface area contributed by atoms with Crippen molar-refractivity contribution in [1.82, 2.24) is 14.1 Å². The average Bonchev–Trinajstić information content (AvgIpc) is 3.26. The molecule has 0 aliphatic rings. The number of anilines is 1. The van der Waals surface area contributed by atoms with Crippen LogP contribution in [0.5, 0.6) is 0 Å². The van der Waals surface area contributed by atoms with Gasteiger partial charge in [-0.05, 0) is 32.0 Å². The van der Waals surface area contributed by atoms with Crippen LogP contribution in [0.1, 0.15) is 19.4 Å². The number of hydrogen-bond donors (Lipinski definition) is 1. The Morgan fingerprint density at radius 1 is 1.14 bits per heavy atom. The third kappa shape index (κ3) is 3.71. The van der Waals surface area contributed by atoms with Gasteiger partial charge in [0, 0.05) is 29.2 Å².